The van der Waals surface area contributed by atoms with Crippen molar-refractivity contribution in [1.29, 1.82) is 0 Å². The van der Waals surface area contributed by atoms with Crippen molar-refractivity contribution >= 4 is 56.5 Å². The minimum absolute atomic E-state index is 0.0365. The van der Waals surface area contributed by atoms with Crippen LogP contribution >= 0.6 is 39.1 Å². The maximum absolute atomic E-state index is 11.7. The van der Waals surface area contributed by atoms with Gasteiger partial charge < -0.3 is 4.90 Å². The molecule has 2 rings (SSSR count). The fourth-order valence-corrected chi connectivity index (χ4v) is 2.56. The maximum atomic E-state index is 11.7. The average molecular weight is 337 g/mol. The number of hydrogen-bond acceptors (Lipinski definition) is 2. The van der Waals surface area contributed by atoms with Gasteiger partial charge in [-0.1, -0.05) is 23.2 Å². The van der Waals surface area contributed by atoms with Crippen LogP contribution in [0, 0.1) is 0 Å². The molecule has 1 aromatic rings. The molecule has 0 saturated carbocycles. The van der Waals surface area contributed by atoms with Crippen LogP contribution in [-0.2, 0) is 9.59 Å². The van der Waals surface area contributed by atoms with Crippen LogP contribution in [0.5, 0.6) is 0 Å². The highest BCUT2D eigenvalue weighted by Gasteiger charge is 2.27. The molecule has 0 radical (unpaired) electrons. The third kappa shape index (κ3) is 2.49. The molecule has 1 heterocycles. The number of nitrogens with zero attached hydrogens (tertiary/aromatic N) is 1. The molecule has 1 saturated heterocycles. The molecule has 0 spiro atoms. The number of Topliss-reactive ketones (excluding diaryl/α,β-unsaturated/α-hetero) is 1. The minimum Gasteiger partial charge on any atom is -0.310 e. The van der Waals surface area contributed by atoms with E-state index in [1.165, 1.54) is 4.90 Å². The lowest BCUT2D eigenvalue weighted by atomic mass is 10.1. The van der Waals surface area contributed by atoms with Crippen molar-refractivity contribution in [3.05, 3.63) is 26.7 Å². The molecule has 6 heteroatoms. The number of benzene rings is 1. The SMILES string of the molecule is O=C1CCN(c2ccc(Br)c(Cl)c2Cl)C(=O)C1. The highest BCUT2D eigenvalue weighted by molar-refractivity contribution is 9.10. The smallest absolute Gasteiger partial charge is 0.234 e. The normalized spacial score (nSPS) is 16.5. The Balaban J connectivity index is 2.38. The Bertz CT molecular complexity index is 504. The largest absolute Gasteiger partial charge is 0.310 e. The first-order chi connectivity index (χ1) is 8.00. The van der Waals surface area contributed by atoms with Gasteiger partial charge in [0.25, 0.3) is 0 Å². The molecule has 90 valence electrons. The molecule has 0 N–H and O–H groups in total. The molecule has 1 aromatic carbocycles. The molecular weight excluding hydrogens is 329 g/mol. The van der Waals surface area contributed by atoms with Gasteiger partial charge in [0.05, 0.1) is 22.2 Å². The van der Waals surface area contributed by atoms with Crippen LogP contribution in [-0.4, -0.2) is 18.2 Å². The Morgan fingerprint density at radius 3 is 2.53 bits per heavy atom. The highest BCUT2D eigenvalue weighted by Crippen LogP contribution is 2.38. The second kappa shape index (κ2) is 4.96. The van der Waals surface area contributed by atoms with E-state index in [1.54, 1.807) is 12.1 Å². The van der Waals surface area contributed by atoms with Gasteiger partial charge >= 0.3 is 0 Å². The van der Waals surface area contributed by atoms with Gasteiger partial charge in [-0.3, -0.25) is 9.59 Å². The third-order valence-electron chi connectivity index (χ3n) is 2.57. The molecule has 17 heavy (non-hydrogen) atoms. The molecule has 1 aliphatic rings. The molecule has 1 amide bonds. The predicted octanol–water partition coefficient (Wildman–Crippen LogP) is 3.45. The lowest BCUT2D eigenvalue weighted by Gasteiger charge is -2.27. The molecule has 0 aromatic heterocycles. The van der Waals surface area contributed by atoms with Gasteiger partial charge in [-0.2, -0.15) is 0 Å². The first-order valence-electron chi connectivity index (χ1n) is 4.96. The van der Waals surface area contributed by atoms with Gasteiger partial charge in [0.15, 0.2) is 0 Å². The number of amides is 1. The monoisotopic (exact) mass is 335 g/mol. The number of anilines is 1. The fraction of sp³-hybridized carbons (Fsp3) is 0.273. The van der Waals surface area contributed by atoms with Crippen molar-refractivity contribution in [1.82, 2.24) is 0 Å². The molecule has 0 bridgehead atoms. The van der Waals surface area contributed by atoms with Gasteiger partial charge in [-0.15, -0.1) is 0 Å². The zero-order chi connectivity index (χ0) is 12.6. The summed E-state index contributed by atoms with van der Waals surface area (Å²) in [6.45, 7) is 0.356. The van der Waals surface area contributed by atoms with Gasteiger partial charge in [-0.25, -0.2) is 0 Å². The predicted molar refractivity (Wildman–Crippen MR) is 70.8 cm³/mol. The van der Waals surface area contributed by atoms with E-state index in [0.29, 0.717) is 33.2 Å². The van der Waals surface area contributed by atoms with Crippen molar-refractivity contribution in [3.63, 3.8) is 0 Å². The van der Waals surface area contributed by atoms with Crippen LogP contribution in [0.4, 0.5) is 5.69 Å². The Morgan fingerprint density at radius 1 is 1.18 bits per heavy atom. The molecule has 0 atom stereocenters. The van der Waals surface area contributed by atoms with E-state index in [-0.39, 0.29) is 18.1 Å². The summed E-state index contributed by atoms with van der Waals surface area (Å²) in [7, 11) is 0. The van der Waals surface area contributed by atoms with Crippen LogP contribution < -0.4 is 4.90 Å². The van der Waals surface area contributed by atoms with E-state index in [2.05, 4.69) is 15.9 Å². The number of ketones is 1. The number of carbonyl (C=O) groups excluding carboxylic acids is 2. The maximum Gasteiger partial charge on any atom is 0.234 e. The summed E-state index contributed by atoms with van der Waals surface area (Å²) in [5, 5.41) is 0.692. The summed E-state index contributed by atoms with van der Waals surface area (Å²) >= 11 is 15.3. The first kappa shape index (κ1) is 12.9. The molecule has 3 nitrogen and oxygen atoms in total. The van der Waals surface area contributed by atoms with E-state index in [0.717, 1.165) is 0 Å². The van der Waals surface area contributed by atoms with Gasteiger partial charge in [-0.05, 0) is 28.1 Å². The zero-order valence-electron chi connectivity index (χ0n) is 8.67. The lowest BCUT2D eigenvalue weighted by molar-refractivity contribution is -0.128. The van der Waals surface area contributed by atoms with Crippen molar-refractivity contribution < 1.29 is 9.59 Å². The van der Waals surface area contributed by atoms with Gasteiger partial charge in [0.1, 0.15) is 5.78 Å². The number of carbonyl (C=O) groups is 2. The van der Waals surface area contributed by atoms with E-state index in [1.807, 2.05) is 0 Å². The van der Waals surface area contributed by atoms with Crippen LogP contribution in [0.3, 0.4) is 0 Å². The van der Waals surface area contributed by atoms with Crippen molar-refractivity contribution in [3.8, 4) is 0 Å². The summed E-state index contributed by atoms with van der Waals surface area (Å²) < 4.78 is 0.674. The van der Waals surface area contributed by atoms with E-state index >= 15 is 0 Å². The van der Waals surface area contributed by atoms with Crippen LogP contribution in [0.25, 0.3) is 0 Å². The Morgan fingerprint density at radius 2 is 1.88 bits per heavy atom. The number of rotatable bonds is 1. The number of hydrogen-bond donors (Lipinski definition) is 0. The number of piperidine rings is 1. The molecule has 0 unspecified atom stereocenters. The van der Waals surface area contributed by atoms with E-state index in [4.69, 9.17) is 23.2 Å². The Labute approximate surface area is 117 Å². The minimum atomic E-state index is -0.235. The second-order valence-corrected chi connectivity index (χ2v) is 5.32. The molecule has 0 aliphatic carbocycles. The van der Waals surface area contributed by atoms with Crippen LogP contribution in [0.2, 0.25) is 10.0 Å². The van der Waals surface area contributed by atoms with Crippen molar-refractivity contribution in [2.24, 2.45) is 0 Å². The summed E-state index contributed by atoms with van der Waals surface area (Å²) in [6, 6.07) is 3.44. The zero-order valence-corrected chi connectivity index (χ0v) is 11.8. The Kier molecular flexibility index (Phi) is 3.76. The lowest BCUT2D eigenvalue weighted by Crippen LogP contribution is -2.39. The van der Waals surface area contributed by atoms with Crippen molar-refractivity contribution in [2.75, 3.05) is 11.4 Å². The summed E-state index contributed by atoms with van der Waals surface area (Å²) in [4.78, 5) is 24.4. The number of halogens is 3. The summed E-state index contributed by atoms with van der Waals surface area (Å²) in [5.41, 5.74) is 0.553. The first-order valence-corrected chi connectivity index (χ1v) is 6.51. The quantitative estimate of drug-likeness (QED) is 0.582. The third-order valence-corrected chi connectivity index (χ3v) is 4.33. The van der Waals surface area contributed by atoms with Gasteiger partial charge in [0.2, 0.25) is 5.91 Å². The van der Waals surface area contributed by atoms with Crippen molar-refractivity contribution in [2.45, 2.75) is 12.8 Å². The molecular formula is C11H8BrCl2NO2. The Hall–Kier alpha value is -0.580. The highest BCUT2D eigenvalue weighted by atomic mass is 79.9. The van der Waals surface area contributed by atoms with E-state index in [9.17, 15) is 9.59 Å². The summed E-state index contributed by atoms with van der Waals surface area (Å²) in [6.07, 6.45) is 0.291. The van der Waals surface area contributed by atoms with E-state index < -0.39 is 0 Å². The van der Waals surface area contributed by atoms with Gasteiger partial charge in [0, 0.05) is 17.4 Å². The van der Waals surface area contributed by atoms with Crippen LogP contribution in [0.15, 0.2) is 16.6 Å². The molecule has 1 fully saturated rings. The molecule has 1 aliphatic heterocycles. The summed E-state index contributed by atoms with van der Waals surface area (Å²) in [5.74, 6) is -0.271. The average Bonchev–Trinajstić information content (AvgIpc) is 2.28. The standard InChI is InChI=1S/C11H8BrCl2NO2/c12-7-1-2-8(11(14)10(7)13)15-4-3-6(16)5-9(15)17/h1-2H,3-5H2. The van der Waals surface area contributed by atoms with Crippen LogP contribution in [0.1, 0.15) is 12.8 Å². The fourth-order valence-electron chi connectivity index (χ4n) is 1.69. The topological polar surface area (TPSA) is 37.4 Å². The second-order valence-electron chi connectivity index (χ2n) is 3.71.